The molecule has 1 aromatic rings. The summed E-state index contributed by atoms with van der Waals surface area (Å²) in [6, 6.07) is 3.53. The summed E-state index contributed by atoms with van der Waals surface area (Å²) < 4.78 is 10.8. The maximum Gasteiger partial charge on any atom is 0.371 e. The molecule has 5 heteroatoms. The first-order chi connectivity index (χ1) is 8.06. The van der Waals surface area contributed by atoms with Crippen LogP contribution in [0.25, 0.3) is 0 Å². The smallest absolute Gasteiger partial charge is 0.371 e. The fourth-order valence-electron chi connectivity index (χ4n) is 1.97. The lowest BCUT2D eigenvalue weighted by Gasteiger charge is -2.36. The number of hydrogen-bond acceptors (Lipinski definition) is 4. The average molecular weight is 239 g/mol. The zero-order chi connectivity index (χ0) is 12.4. The molecule has 2 unspecified atom stereocenters. The van der Waals surface area contributed by atoms with E-state index >= 15 is 0 Å². The molecule has 17 heavy (non-hydrogen) atoms. The standard InChI is InChI=1S/C12H17NO4/c1-8-7-16-9(2)5-13(8)6-10-3-4-11(17-10)12(14)15/h3-4,8-9H,5-7H2,1-2H3,(H,14,15). The van der Waals surface area contributed by atoms with Gasteiger partial charge >= 0.3 is 5.97 Å². The summed E-state index contributed by atoms with van der Waals surface area (Å²) in [6.45, 7) is 6.29. The quantitative estimate of drug-likeness (QED) is 0.867. The number of ether oxygens (including phenoxy) is 1. The molecule has 1 N–H and O–H groups in total. The summed E-state index contributed by atoms with van der Waals surface area (Å²) >= 11 is 0. The Morgan fingerprint density at radius 2 is 2.29 bits per heavy atom. The van der Waals surface area contributed by atoms with Gasteiger partial charge in [-0.15, -0.1) is 0 Å². The van der Waals surface area contributed by atoms with Gasteiger partial charge in [-0.1, -0.05) is 0 Å². The van der Waals surface area contributed by atoms with Crippen LogP contribution in [0.1, 0.15) is 30.2 Å². The first-order valence-corrected chi connectivity index (χ1v) is 5.74. The van der Waals surface area contributed by atoms with Gasteiger partial charge in [0.2, 0.25) is 5.76 Å². The molecule has 94 valence electrons. The molecule has 0 bridgehead atoms. The molecule has 1 aliphatic heterocycles. The van der Waals surface area contributed by atoms with Crippen molar-refractivity contribution < 1.29 is 19.1 Å². The topological polar surface area (TPSA) is 62.9 Å². The van der Waals surface area contributed by atoms with Crippen LogP contribution >= 0.6 is 0 Å². The van der Waals surface area contributed by atoms with Crippen molar-refractivity contribution in [3.8, 4) is 0 Å². The highest BCUT2D eigenvalue weighted by Crippen LogP contribution is 2.17. The van der Waals surface area contributed by atoms with E-state index in [2.05, 4.69) is 11.8 Å². The third kappa shape index (κ3) is 2.87. The molecule has 2 rings (SSSR count). The second-order valence-corrected chi connectivity index (χ2v) is 4.49. The summed E-state index contributed by atoms with van der Waals surface area (Å²) in [4.78, 5) is 12.9. The Bertz CT molecular complexity index is 401. The van der Waals surface area contributed by atoms with Gasteiger partial charge in [-0.05, 0) is 26.0 Å². The van der Waals surface area contributed by atoms with Gasteiger partial charge in [0, 0.05) is 12.6 Å². The van der Waals surface area contributed by atoms with Gasteiger partial charge in [-0.3, -0.25) is 4.90 Å². The summed E-state index contributed by atoms with van der Waals surface area (Å²) in [5.41, 5.74) is 0. The fraction of sp³-hybridized carbons (Fsp3) is 0.583. The van der Waals surface area contributed by atoms with Crippen molar-refractivity contribution in [2.75, 3.05) is 13.2 Å². The van der Waals surface area contributed by atoms with Crippen LogP contribution in [0.5, 0.6) is 0 Å². The predicted molar refractivity (Wildman–Crippen MR) is 61.0 cm³/mol. The molecule has 0 amide bonds. The monoisotopic (exact) mass is 239 g/mol. The second-order valence-electron chi connectivity index (χ2n) is 4.49. The van der Waals surface area contributed by atoms with Crippen LogP contribution in [0, 0.1) is 0 Å². The first-order valence-electron chi connectivity index (χ1n) is 5.74. The van der Waals surface area contributed by atoms with Gasteiger partial charge in [0.1, 0.15) is 5.76 Å². The van der Waals surface area contributed by atoms with Gasteiger partial charge in [-0.25, -0.2) is 4.79 Å². The number of furan rings is 1. The number of aromatic carboxylic acids is 1. The van der Waals surface area contributed by atoms with E-state index in [0.717, 1.165) is 6.54 Å². The van der Waals surface area contributed by atoms with Crippen LogP contribution in [0.4, 0.5) is 0 Å². The molecule has 0 saturated carbocycles. The highest BCUT2D eigenvalue weighted by atomic mass is 16.5. The van der Waals surface area contributed by atoms with Gasteiger partial charge in [0.15, 0.2) is 0 Å². The van der Waals surface area contributed by atoms with E-state index < -0.39 is 5.97 Å². The van der Waals surface area contributed by atoms with E-state index in [9.17, 15) is 4.79 Å². The summed E-state index contributed by atoms with van der Waals surface area (Å²) in [7, 11) is 0. The molecule has 0 radical (unpaired) electrons. The number of rotatable bonds is 3. The van der Waals surface area contributed by atoms with E-state index in [1.165, 1.54) is 6.07 Å². The van der Waals surface area contributed by atoms with Gasteiger partial charge < -0.3 is 14.3 Å². The average Bonchev–Trinajstić information content (AvgIpc) is 2.72. The molecule has 5 nitrogen and oxygen atoms in total. The maximum atomic E-state index is 10.7. The fourth-order valence-corrected chi connectivity index (χ4v) is 1.97. The summed E-state index contributed by atoms with van der Waals surface area (Å²) in [5, 5.41) is 8.77. The van der Waals surface area contributed by atoms with E-state index in [-0.39, 0.29) is 11.9 Å². The van der Waals surface area contributed by atoms with Gasteiger partial charge in [-0.2, -0.15) is 0 Å². The van der Waals surface area contributed by atoms with Crippen LogP contribution in [0.2, 0.25) is 0 Å². The molecule has 1 aromatic heterocycles. The second kappa shape index (κ2) is 4.89. The van der Waals surface area contributed by atoms with Crippen LogP contribution < -0.4 is 0 Å². The molecule has 1 fully saturated rings. The zero-order valence-electron chi connectivity index (χ0n) is 10.0. The maximum absolute atomic E-state index is 10.7. The van der Waals surface area contributed by atoms with Crippen LogP contribution in [-0.2, 0) is 11.3 Å². The SMILES string of the molecule is CC1CN(Cc2ccc(C(=O)O)o2)C(C)CO1. The lowest BCUT2D eigenvalue weighted by Crippen LogP contribution is -2.46. The summed E-state index contributed by atoms with van der Waals surface area (Å²) in [5.74, 6) is -0.350. The van der Waals surface area contributed by atoms with Crippen LogP contribution in [0.15, 0.2) is 16.5 Å². The Morgan fingerprint density at radius 3 is 2.94 bits per heavy atom. The van der Waals surface area contributed by atoms with E-state index in [4.69, 9.17) is 14.3 Å². The number of nitrogens with zero attached hydrogens (tertiary/aromatic N) is 1. The molecule has 1 aliphatic rings. The minimum Gasteiger partial charge on any atom is -0.475 e. The third-order valence-electron chi connectivity index (χ3n) is 2.97. The van der Waals surface area contributed by atoms with Crippen LogP contribution in [0.3, 0.4) is 0 Å². The van der Waals surface area contributed by atoms with Crippen molar-refractivity contribution in [2.24, 2.45) is 0 Å². The van der Waals surface area contributed by atoms with Crippen molar-refractivity contribution in [1.29, 1.82) is 0 Å². The molecule has 2 heterocycles. The van der Waals surface area contributed by atoms with Gasteiger partial charge in [0.05, 0.1) is 19.3 Å². The third-order valence-corrected chi connectivity index (χ3v) is 2.97. The lowest BCUT2D eigenvalue weighted by molar-refractivity contribution is -0.0546. The van der Waals surface area contributed by atoms with Gasteiger partial charge in [0.25, 0.3) is 0 Å². The minimum atomic E-state index is -1.03. The Kier molecular flexibility index (Phi) is 3.49. The number of hydrogen-bond donors (Lipinski definition) is 1. The van der Waals surface area contributed by atoms with Crippen molar-refractivity contribution in [2.45, 2.75) is 32.5 Å². The Labute approximate surface area is 100.0 Å². The Morgan fingerprint density at radius 1 is 1.53 bits per heavy atom. The summed E-state index contributed by atoms with van der Waals surface area (Å²) in [6.07, 6.45) is 0.208. The van der Waals surface area contributed by atoms with Crippen molar-refractivity contribution in [3.63, 3.8) is 0 Å². The number of morpholine rings is 1. The highest BCUT2D eigenvalue weighted by Gasteiger charge is 2.24. The Balaban J connectivity index is 2.01. The van der Waals surface area contributed by atoms with Crippen LogP contribution in [-0.4, -0.2) is 41.3 Å². The van der Waals surface area contributed by atoms with E-state index in [1.807, 2.05) is 6.92 Å². The number of carboxylic acids is 1. The van der Waals surface area contributed by atoms with Crippen molar-refractivity contribution in [3.05, 3.63) is 23.7 Å². The molecule has 0 aromatic carbocycles. The molecule has 1 saturated heterocycles. The van der Waals surface area contributed by atoms with E-state index in [1.54, 1.807) is 6.07 Å². The number of carbonyl (C=O) groups is 1. The minimum absolute atomic E-state index is 0.00559. The predicted octanol–water partition coefficient (Wildman–Crippen LogP) is 1.59. The molecular weight excluding hydrogens is 222 g/mol. The van der Waals surface area contributed by atoms with E-state index in [0.29, 0.717) is 25.0 Å². The number of carboxylic acid groups (broad SMARTS) is 1. The molecule has 0 aliphatic carbocycles. The molecular formula is C12H17NO4. The zero-order valence-corrected chi connectivity index (χ0v) is 10.0. The molecule has 0 spiro atoms. The Hall–Kier alpha value is -1.33. The van der Waals surface area contributed by atoms with Crippen molar-refractivity contribution in [1.82, 2.24) is 4.90 Å². The lowest BCUT2D eigenvalue weighted by atomic mass is 10.2. The molecule has 2 atom stereocenters. The van der Waals surface area contributed by atoms with Crippen molar-refractivity contribution >= 4 is 5.97 Å². The first kappa shape index (κ1) is 12.1. The largest absolute Gasteiger partial charge is 0.475 e. The highest BCUT2D eigenvalue weighted by molar-refractivity contribution is 5.84. The normalized spacial score (nSPS) is 26.0.